The van der Waals surface area contributed by atoms with E-state index in [1.807, 2.05) is 49.4 Å². The first-order valence-electron chi connectivity index (χ1n) is 7.47. The highest BCUT2D eigenvalue weighted by Crippen LogP contribution is 2.25. The van der Waals surface area contributed by atoms with Gasteiger partial charge in [-0.25, -0.2) is 0 Å². The maximum atomic E-state index is 5.93. The Kier molecular flexibility index (Phi) is 4.07. The highest BCUT2D eigenvalue weighted by Gasteiger charge is 2.07. The minimum absolute atomic E-state index is 0.0582. The predicted molar refractivity (Wildman–Crippen MR) is 89.9 cm³/mol. The zero-order valence-corrected chi connectivity index (χ0v) is 12.9. The molecule has 1 aromatic heterocycles. The summed E-state index contributed by atoms with van der Waals surface area (Å²) in [5, 5.41) is 1.11. The molecule has 3 heteroatoms. The van der Waals surface area contributed by atoms with Gasteiger partial charge in [0.1, 0.15) is 12.4 Å². The molecule has 3 rings (SSSR count). The SMILES string of the molecule is Cc1cc(C(C)N)nc2ccc(OCc3ccccc3)cc12. The van der Waals surface area contributed by atoms with Gasteiger partial charge in [0.15, 0.2) is 0 Å². The maximum Gasteiger partial charge on any atom is 0.120 e. The monoisotopic (exact) mass is 292 g/mol. The summed E-state index contributed by atoms with van der Waals surface area (Å²) < 4.78 is 5.88. The lowest BCUT2D eigenvalue weighted by Crippen LogP contribution is -2.07. The molecule has 3 nitrogen and oxygen atoms in total. The molecule has 2 aromatic carbocycles. The summed E-state index contributed by atoms with van der Waals surface area (Å²) in [6.45, 7) is 4.60. The summed E-state index contributed by atoms with van der Waals surface area (Å²) in [7, 11) is 0. The van der Waals surface area contributed by atoms with Crippen LogP contribution in [0.5, 0.6) is 5.75 Å². The Morgan fingerprint density at radius 1 is 1.09 bits per heavy atom. The minimum Gasteiger partial charge on any atom is -0.489 e. The number of nitrogens with zero attached hydrogens (tertiary/aromatic N) is 1. The molecule has 2 N–H and O–H groups in total. The summed E-state index contributed by atoms with van der Waals surface area (Å²) >= 11 is 0. The Bertz CT molecular complexity index is 782. The summed E-state index contributed by atoms with van der Waals surface area (Å²) in [5.41, 5.74) is 10.1. The molecule has 0 bridgehead atoms. The fourth-order valence-electron chi connectivity index (χ4n) is 2.46. The van der Waals surface area contributed by atoms with Crippen LogP contribution in [0.2, 0.25) is 0 Å². The van der Waals surface area contributed by atoms with Gasteiger partial charge in [-0.15, -0.1) is 0 Å². The van der Waals surface area contributed by atoms with Gasteiger partial charge in [-0.3, -0.25) is 4.98 Å². The van der Waals surface area contributed by atoms with Crippen LogP contribution < -0.4 is 10.5 Å². The van der Waals surface area contributed by atoms with Gasteiger partial charge in [0.05, 0.1) is 11.2 Å². The molecule has 3 aromatic rings. The van der Waals surface area contributed by atoms with Gasteiger partial charge >= 0.3 is 0 Å². The van der Waals surface area contributed by atoms with E-state index in [2.05, 4.69) is 24.0 Å². The lowest BCUT2D eigenvalue weighted by atomic mass is 10.1. The van der Waals surface area contributed by atoms with E-state index in [1.54, 1.807) is 0 Å². The first kappa shape index (κ1) is 14.5. The van der Waals surface area contributed by atoms with Crippen molar-refractivity contribution in [2.24, 2.45) is 5.73 Å². The van der Waals surface area contributed by atoms with E-state index in [0.29, 0.717) is 6.61 Å². The summed E-state index contributed by atoms with van der Waals surface area (Å²) in [6, 6.07) is 18.1. The minimum atomic E-state index is -0.0582. The number of rotatable bonds is 4. The van der Waals surface area contributed by atoms with Crippen molar-refractivity contribution in [1.29, 1.82) is 0 Å². The van der Waals surface area contributed by atoms with Crippen molar-refractivity contribution in [3.8, 4) is 5.75 Å². The molecule has 1 atom stereocenters. The number of benzene rings is 2. The average molecular weight is 292 g/mol. The Morgan fingerprint density at radius 3 is 2.59 bits per heavy atom. The molecule has 0 aliphatic heterocycles. The van der Waals surface area contributed by atoms with Crippen LogP contribution >= 0.6 is 0 Å². The maximum absolute atomic E-state index is 5.93. The fraction of sp³-hybridized carbons (Fsp3) is 0.211. The smallest absolute Gasteiger partial charge is 0.120 e. The summed E-state index contributed by atoms with van der Waals surface area (Å²) in [6.07, 6.45) is 0. The van der Waals surface area contributed by atoms with Crippen LogP contribution in [0.4, 0.5) is 0 Å². The molecule has 0 saturated carbocycles. The number of hydrogen-bond acceptors (Lipinski definition) is 3. The van der Waals surface area contributed by atoms with Crippen LogP contribution in [-0.4, -0.2) is 4.98 Å². The zero-order valence-electron chi connectivity index (χ0n) is 12.9. The lowest BCUT2D eigenvalue weighted by molar-refractivity contribution is 0.306. The van der Waals surface area contributed by atoms with E-state index in [1.165, 1.54) is 5.56 Å². The van der Waals surface area contributed by atoms with Gasteiger partial charge in [0.25, 0.3) is 0 Å². The molecule has 0 aliphatic rings. The van der Waals surface area contributed by atoms with Crippen molar-refractivity contribution in [3.63, 3.8) is 0 Å². The van der Waals surface area contributed by atoms with E-state index >= 15 is 0 Å². The largest absolute Gasteiger partial charge is 0.489 e. The number of aryl methyl sites for hydroxylation is 1. The third-order valence-corrected chi connectivity index (χ3v) is 3.72. The van der Waals surface area contributed by atoms with E-state index in [0.717, 1.165) is 27.9 Å². The van der Waals surface area contributed by atoms with Crippen LogP contribution in [0.3, 0.4) is 0 Å². The molecule has 22 heavy (non-hydrogen) atoms. The number of aromatic nitrogens is 1. The molecular formula is C19H20N2O. The number of nitrogens with two attached hydrogens (primary N) is 1. The molecule has 0 radical (unpaired) electrons. The van der Waals surface area contributed by atoms with Gasteiger partial charge < -0.3 is 10.5 Å². The van der Waals surface area contributed by atoms with Crippen LogP contribution in [-0.2, 0) is 6.61 Å². The Morgan fingerprint density at radius 2 is 1.86 bits per heavy atom. The molecule has 1 unspecified atom stereocenters. The van der Waals surface area contributed by atoms with Crippen LogP contribution in [0.1, 0.15) is 29.8 Å². The van der Waals surface area contributed by atoms with Crippen molar-refractivity contribution >= 4 is 10.9 Å². The van der Waals surface area contributed by atoms with Crippen molar-refractivity contribution in [3.05, 3.63) is 71.4 Å². The van der Waals surface area contributed by atoms with Gasteiger partial charge in [0, 0.05) is 11.4 Å². The first-order valence-corrected chi connectivity index (χ1v) is 7.47. The molecular weight excluding hydrogens is 272 g/mol. The van der Waals surface area contributed by atoms with Gasteiger partial charge in [-0.1, -0.05) is 30.3 Å². The normalized spacial score (nSPS) is 12.3. The number of fused-ring (bicyclic) bond motifs is 1. The van der Waals surface area contributed by atoms with E-state index in [-0.39, 0.29) is 6.04 Å². The second-order valence-electron chi connectivity index (χ2n) is 5.61. The summed E-state index contributed by atoms with van der Waals surface area (Å²) in [5.74, 6) is 0.856. The number of pyridine rings is 1. The average Bonchev–Trinajstić information content (AvgIpc) is 2.54. The first-order chi connectivity index (χ1) is 10.6. The second kappa shape index (κ2) is 6.16. The molecule has 0 fully saturated rings. The van der Waals surface area contributed by atoms with Gasteiger partial charge in [-0.05, 0) is 49.2 Å². The third kappa shape index (κ3) is 3.10. The van der Waals surface area contributed by atoms with Gasteiger partial charge in [-0.2, -0.15) is 0 Å². The molecule has 1 heterocycles. The highest BCUT2D eigenvalue weighted by molar-refractivity contribution is 5.83. The van der Waals surface area contributed by atoms with E-state index in [4.69, 9.17) is 10.5 Å². The second-order valence-corrected chi connectivity index (χ2v) is 5.61. The topological polar surface area (TPSA) is 48.1 Å². The predicted octanol–water partition coefficient (Wildman–Crippen LogP) is 4.14. The zero-order chi connectivity index (χ0) is 15.5. The Balaban J connectivity index is 1.86. The molecule has 0 spiro atoms. The molecule has 0 amide bonds. The van der Waals surface area contributed by atoms with E-state index in [9.17, 15) is 0 Å². The Hall–Kier alpha value is -2.39. The number of ether oxygens (including phenoxy) is 1. The quantitative estimate of drug-likeness (QED) is 0.786. The van der Waals surface area contributed by atoms with Crippen molar-refractivity contribution in [1.82, 2.24) is 4.98 Å². The lowest BCUT2D eigenvalue weighted by Gasteiger charge is -2.11. The standard InChI is InChI=1S/C19H20N2O/c1-13-10-19(14(2)20)21-18-9-8-16(11-17(13)18)22-12-15-6-4-3-5-7-15/h3-11,14H,12,20H2,1-2H3. The fourth-order valence-corrected chi connectivity index (χ4v) is 2.46. The van der Waals surface area contributed by atoms with Crippen LogP contribution in [0.25, 0.3) is 10.9 Å². The molecule has 112 valence electrons. The highest BCUT2D eigenvalue weighted by atomic mass is 16.5. The third-order valence-electron chi connectivity index (χ3n) is 3.72. The number of hydrogen-bond donors (Lipinski definition) is 1. The van der Waals surface area contributed by atoms with Crippen molar-refractivity contribution in [2.75, 3.05) is 0 Å². The van der Waals surface area contributed by atoms with E-state index < -0.39 is 0 Å². The van der Waals surface area contributed by atoms with Crippen molar-refractivity contribution in [2.45, 2.75) is 26.5 Å². The summed E-state index contributed by atoms with van der Waals surface area (Å²) in [4.78, 5) is 4.61. The molecule has 0 aliphatic carbocycles. The van der Waals surface area contributed by atoms with Crippen molar-refractivity contribution < 1.29 is 4.74 Å². The molecule has 0 saturated heterocycles. The Labute approximate surface area is 130 Å². The van der Waals surface area contributed by atoms with Crippen LogP contribution in [0, 0.1) is 6.92 Å². The van der Waals surface area contributed by atoms with Gasteiger partial charge in [0.2, 0.25) is 0 Å². The van der Waals surface area contributed by atoms with Crippen LogP contribution in [0.15, 0.2) is 54.6 Å².